The van der Waals surface area contributed by atoms with Crippen molar-refractivity contribution in [2.75, 3.05) is 11.5 Å². The minimum absolute atomic E-state index is 0.272. The van der Waals surface area contributed by atoms with Gasteiger partial charge in [0.15, 0.2) is 0 Å². The molecule has 1 aromatic rings. The predicted molar refractivity (Wildman–Crippen MR) is 83.0 cm³/mol. The first-order chi connectivity index (χ1) is 9.78. The summed E-state index contributed by atoms with van der Waals surface area (Å²) in [5, 5.41) is 8.98. The molecule has 2 aliphatic heterocycles. The first-order valence-corrected chi connectivity index (χ1v) is 8.01. The fourth-order valence-corrected chi connectivity index (χ4v) is 4.00. The molecule has 0 spiro atoms. The number of hydrogen-bond donors (Lipinski definition) is 2. The predicted octanol–water partition coefficient (Wildman–Crippen LogP) is 2.46. The summed E-state index contributed by atoms with van der Waals surface area (Å²) in [6.45, 7) is 0.272. The van der Waals surface area contributed by atoms with Gasteiger partial charge in [-0.1, -0.05) is 12.1 Å². The molecule has 2 saturated heterocycles. The number of nitrogens with two attached hydrogens (primary N) is 1. The first-order valence-electron chi connectivity index (χ1n) is 8.01. The van der Waals surface area contributed by atoms with Gasteiger partial charge in [0.1, 0.15) is 0 Å². The zero-order chi connectivity index (χ0) is 13.9. The number of benzene rings is 1. The molecule has 3 rings (SSSR count). The number of hydrogen-bond acceptors (Lipinski definition) is 3. The number of fused-ring (bicyclic) bond motifs is 2. The van der Waals surface area contributed by atoms with E-state index < -0.39 is 0 Å². The Morgan fingerprint density at radius 1 is 1.20 bits per heavy atom. The highest BCUT2D eigenvalue weighted by molar-refractivity contribution is 5.51. The number of rotatable bonds is 4. The molecule has 2 aliphatic rings. The maximum absolute atomic E-state index is 8.98. The summed E-state index contributed by atoms with van der Waals surface area (Å²) in [6.07, 6.45) is 8.00. The molecule has 2 atom stereocenters. The monoisotopic (exact) mass is 274 g/mol. The van der Waals surface area contributed by atoms with Gasteiger partial charge in [-0.15, -0.1) is 0 Å². The zero-order valence-electron chi connectivity index (χ0n) is 12.2. The van der Waals surface area contributed by atoms with Gasteiger partial charge in [-0.05, 0) is 62.6 Å². The van der Waals surface area contributed by atoms with Gasteiger partial charge in [0.2, 0.25) is 0 Å². The van der Waals surface area contributed by atoms with Crippen molar-refractivity contribution >= 4 is 5.69 Å². The summed E-state index contributed by atoms with van der Waals surface area (Å²) < 4.78 is 0. The zero-order valence-corrected chi connectivity index (χ0v) is 12.2. The van der Waals surface area contributed by atoms with E-state index in [0.29, 0.717) is 18.1 Å². The minimum Gasteiger partial charge on any atom is -0.396 e. The molecule has 0 aliphatic carbocycles. The molecule has 0 radical (unpaired) electrons. The lowest BCUT2D eigenvalue weighted by molar-refractivity contribution is 0.271. The lowest BCUT2D eigenvalue weighted by Gasteiger charge is -2.49. The molecule has 2 fully saturated rings. The van der Waals surface area contributed by atoms with Crippen molar-refractivity contribution in [1.29, 1.82) is 0 Å². The lowest BCUT2D eigenvalue weighted by atomic mass is 9.81. The van der Waals surface area contributed by atoms with Gasteiger partial charge < -0.3 is 15.7 Å². The van der Waals surface area contributed by atoms with Gasteiger partial charge in [-0.3, -0.25) is 0 Å². The van der Waals surface area contributed by atoms with Gasteiger partial charge in [0, 0.05) is 30.4 Å². The summed E-state index contributed by atoms with van der Waals surface area (Å²) in [4.78, 5) is 2.63. The van der Waals surface area contributed by atoms with Crippen LogP contribution < -0.4 is 10.6 Å². The number of piperidine rings is 2. The van der Waals surface area contributed by atoms with Crippen molar-refractivity contribution in [3.63, 3.8) is 0 Å². The Morgan fingerprint density at radius 3 is 2.65 bits per heavy atom. The van der Waals surface area contributed by atoms with Crippen LogP contribution in [0.5, 0.6) is 0 Å². The molecule has 1 aromatic carbocycles. The van der Waals surface area contributed by atoms with Crippen LogP contribution in [-0.4, -0.2) is 29.8 Å². The fraction of sp³-hybridized carbons (Fsp3) is 0.647. The standard InChI is InChI=1S/C17H26N2O/c18-14-11-16-7-2-8-17(12-14)19(16)15-6-1-4-13(10-15)5-3-9-20/h1,4,6,10,14,16-17,20H,2-3,5,7-9,11-12,18H2. The fourth-order valence-electron chi connectivity index (χ4n) is 4.00. The molecule has 110 valence electrons. The summed E-state index contributed by atoms with van der Waals surface area (Å²) in [6, 6.07) is 10.5. The van der Waals surface area contributed by atoms with Crippen LogP contribution in [0.15, 0.2) is 24.3 Å². The third-order valence-electron chi connectivity index (χ3n) is 4.84. The number of aliphatic hydroxyl groups excluding tert-OH is 1. The molecule has 3 heteroatoms. The Balaban J connectivity index is 1.81. The second-order valence-corrected chi connectivity index (χ2v) is 6.37. The van der Waals surface area contributed by atoms with Crippen molar-refractivity contribution in [3.8, 4) is 0 Å². The average Bonchev–Trinajstić information content (AvgIpc) is 2.44. The number of aliphatic hydroxyl groups is 1. The highest BCUT2D eigenvalue weighted by atomic mass is 16.2. The summed E-state index contributed by atoms with van der Waals surface area (Å²) in [7, 11) is 0. The molecular formula is C17H26N2O. The average molecular weight is 274 g/mol. The quantitative estimate of drug-likeness (QED) is 0.886. The van der Waals surface area contributed by atoms with E-state index in [9.17, 15) is 0 Å². The molecule has 0 saturated carbocycles. The van der Waals surface area contributed by atoms with Crippen LogP contribution in [0, 0.1) is 0 Å². The van der Waals surface area contributed by atoms with Crippen molar-refractivity contribution < 1.29 is 5.11 Å². The lowest BCUT2D eigenvalue weighted by Crippen LogP contribution is -2.55. The van der Waals surface area contributed by atoms with E-state index in [1.54, 1.807) is 0 Å². The normalized spacial score (nSPS) is 29.5. The van der Waals surface area contributed by atoms with Crippen molar-refractivity contribution in [2.45, 2.75) is 63.1 Å². The van der Waals surface area contributed by atoms with Gasteiger partial charge in [0.25, 0.3) is 0 Å². The van der Waals surface area contributed by atoms with E-state index in [1.807, 2.05) is 0 Å². The Hall–Kier alpha value is -1.06. The van der Waals surface area contributed by atoms with Crippen LogP contribution >= 0.6 is 0 Å². The molecular weight excluding hydrogens is 248 g/mol. The number of anilines is 1. The second-order valence-electron chi connectivity index (χ2n) is 6.37. The summed E-state index contributed by atoms with van der Waals surface area (Å²) >= 11 is 0. The molecule has 3 N–H and O–H groups in total. The van der Waals surface area contributed by atoms with Crippen molar-refractivity contribution in [1.82, 2.24) is 0 Å². The Morgan fingerprint density at radius 2 is 1.95 bits per heavy atom. The molecule has 2 unspecified atom stereocenters. The van der Waals surface area contributed by atoms with Crippen molar-refractivity contribution in [2.24, 2.45) is 5.73 Å². The van der Waals surface area contributed by atoms with Gasteiger partial charge in [-0.2, -0.15) is 0 Å². The highest BCUT2D eigenvalue weighted by Gasteiger charge is 2.36. The highest BCUT2D eigenvalue weighted by Crippen LogP contribution is 2.37. The molecule has 20 heavy (non-hydrogen) atoms. The van der Waals surface area contributed by atoms with E-state index in [1.165, 1.54) is 30.5 Å². The molecule has 0 aromatic heterocycles. The van der Waals surface area contributed by atoms with Crippen molar-refractivity contribution in [3.05, 3.63) is 29.8 Å². The SMILES string of the molecule is NC1CC2CCCC(C1)N2c1cccc(CCCO)c1. The van der Waals surface area contributed by atoms with Crippen LogP contribution in [0.2, 0.25) is 0 Å². The maximum atomic E-state index is 8.98. The van der Waals surface area contributed by atoms with E-state index >= 15 is 0 Å². The largest absolute Gasteiger partial charge is 0.396 e. The maximum Gasteiger partial charge on any atom is 0.0434 e. The number of nitrogens with zero attached hydrogens (tertiary/aromatic N) is 1. The van der Waals surface area contributed by atoms with Crippen LogP contribution in [-0.2, 0) is 6.42 Å². The smallest absolute Gasteiger partial charge is 0.0434 e. The molecule has 3 nitrogen and oxygen atoms in total. The van der Waals surface area contributed by atoms with Crippen LogP contribution in [0.1, 0.15) is 44.1 Å². The molecule has 2 heterocycles. The van der Waals surface area contributed by atoms with Gasteiger partial charge in [0.05, 0.1) is 0 Å². The van der Waals surface area contributed by atoms with Crippen LogP contribution in [0.3, 0.4) is 0 Å². The number of aryl methyl sites for hydroxylation is 1. The van der Waals surface area contributed by atoms with E-state index in [2.05, 4.69) is 29.2 Å². The first kappa shape index (κ1) is 13.9. The second kappa shape index (κ2) is 6.15. The molecule has 2 bridgehead atoms. The Labute approximate surface area is 121 Å². The van der Waals surface area contributed by atoms with Crippen LogP contribution in [0.25, 0.3) is 0 Å². The van der Waals surface area contributed by atoms with E-state index in [-0.39, 0.29) is 6.61 Å². The molecule has 0 amide bonds. The topological polar surface area (TPSA) is 49.5 Å². The van der Waals surface area contributed by atoms with Crippen LogP contribution in [0.4, 0.5) is 5.69 Å². The van der Waals surface area contributed by atoms with E-state index in [4.69, 9.17) is 10.8 Å². The minimum atomic E-state index is 0.272. The van der Waals surface area contributed by atoms with Gasteiger partial charge in [-0.25, -0.2) is 0 Å². The van der Waals surface area contributed by atoms with Gasteiger partial charge >= 0.3 is 0 Å². The third-order valence-corrected chi connectivity index (χ3v) is 4.84. The summed E-state index contributed by atoms with van der Waals surface area (Å²) in [5.74, 6) is 0. The summed E-state index contributed by atoms with van der Waals surface area (Å²) in [5.41, 5.74) is 8.91. The Kier molecular flexibility index (Phi) is 4.27. The van der Waals surface area contributed by atoms with E-state index in [0.717, 1.165) is 25.7 Å². The third kappa shape index (κ3) is 2.84. The Bertz CT molecular complexity index is 434.